The second kappa shape index (κ2) is 17.5. The van der Waals surface area contributed by atoms with Gasteiger partial charge in [0.1, 0.15) is 6.04 Å². The van der Waals surface area contributed by atoms with Gasteiger partial charge in [-0.15, -0.1) is 0 Å². The molecule has 11 nitrogen and oxygen atoms in total. The third kappa shape index (κ3) is 11.7. The van der Waals surface area contributed by atoms with Gasteiger partial charge in [0.2, 0.25) is 11.8 Å². The maximum absolute atomic E-state index is 12.8. The van der Waals surface area contributed by atoms with Crippen LogP contribution in [0.4, 0.5) is 10.5 Å². The van der Waals surface area contributed by atoms with Crippen LogP contribution < -0.4 is 21.3 Å². The smallest absolute Gasteiger partial charge is 0.407 e. The first kappa shape index (κ1) is 38.2. The quantitative estimate of drug-likeness (QED) is 0.149. The van der Waals surface area contributed by atoms with Gasteiger partial charge in [-0.05, 0) is 60.8 Å². The van der Waals surface area contributed by atoms with Crippen LogP contribution in [0.1, 0.15) is 53.7 Å². The van der Waals surface area contributed by atoms with Crippen molar-refractivity contribution in [1.29, 1.82) is 0 Å². The zero-order valence-electron chi connectivity index (χ0n) is 24.9. The Hall–Kier alpha value is -2.82. The number of urea groups is 1. The van der Waals surface area contributed by atoms with Gasteiger partial charge in [-0.3, -0.25) is 25.0 Å². The van der Waals surface area contributed by atoms with E-state index in [0.29, 0.717) is 35.7 Å². The summed E-state index contributed by atoms with van der Waals surface area (Å²) in [7, 11) is 1.68. The predicted octanol–water partition coefficient (Wildman–Crippen LogP) is 3.20. The monoisotopic (exact) mass is 785 g/mol. The van der Waals surface area contributed by atoms with Crippen molar-refractivity contribution in [2.45, 2.75) is 57.8 Å². The van der Waals surface area contributed by atoms with Crippen LogP contribution >= 0.6 is 11.6 Å². The van der Waals surface area contributed by atoms with E-state index in [9.17, 15) is 19.2 Å². The van der Waals surface area contributed by atoms with E-state index < -0.39 is 23.6 Å². The second-order valence-corrected chi connectivity index (χ2v) is 10.9. The molecular formula is C30H40ClN5O6W. The van der Waals surface area contributed by atoms with E-state index in [1.807, 2.05) is 32.0 Å². The van der Waals surface area contributed by atoms with E-state index in [2.05, 4.69) is 28.2 Å². The number of rotatable bonds is 9. The van der Waals surface area contributed by atoms with Crippen molar-refractivity contribution >= 4 is 41.0 Å². The van der Waals surface area contributed by atoms with Crippen molar-refractivity contribution in [3.8, 4) is 0 Å². The van der Waals surface area contributed by atoms with Crippen LogP contribution in [0.15, 0.2) is 36.4 Å². The molecule has 43 heavy (non-hydrogen) atoms. The van der Waals surface area contributed by atoms with Crippen molar-refractivity contribution in [3.05, 3.63) is 78.0 Å². The Morgan fingerprint density at radius 1 is 1.19 bits per heavy atom. The zero-order chi connectivity index (χ0) is 30.2. The number of benzene rings is 2. The minimum absolute atomic E-state index is 0. The molecule has 0 radical (unpaired) electrons. The summed E-state index contributed by atoms with van der Waals surface area (Å²) in [6.07, 6.45) is 1.14. The van der Waals surface area contributed by atoms with Gasteiger partial charge in [0, 0.05) is 42.4 Å². The van der Waals surface area contributed by atoms with Crippen LogP contribution in [-0.2, 0) is 54.9 Å². The third-order valence-electron chi connectivity index (χ3n) is 6.30. The number of hydrogen-bond acceptors (Lipinski definition) is 7. The molecule has 5 N–H and O–H groups in total. The van der Waals surface area contributed by atoms with Crippen molar-refractivity contribution in [3.63, 3.8) is 0 Å². The summed E-state index contributed by atoms with van der Waals surface area (Å²) in [4.78, 5) is 50.5. The number of carbonyl (C=O) groups is 4. The van der Waals surface area contributed by atoms with Crippen molar-refractivity contribution in [1.82, 2.24) is 20.9 Å². The summed E-state index contributed by atoms with van der Waals surface area (Å²) in [5.41, 5.74) is 3.13. The number of carbonyl (C=O) groups excluding carboxylic acids is 4. The van der Waals surface area contributed by atoms with Crippen LogP contribution in [0.2, 0.25) is 5.02 Å². The molecule has 0 aliphatic carbocycles. The number of halogens is 1. The molecule has 1 fully saturated rings. The number of amides is 5. The largest absolute Gasteiger partial charge is 2.00 e. The Labute approximate surface area is 272 Å². The van der Waals surface area contributed by atoms with E-state index in [1.165, 1.54) is 4.90 Å². The van der Waals surface area contributed by atoms with Gasteiger partial charge in [0.15, 0.2) is 0 Å². The van der Waals surface area contributed by atoms with Gasteiger partial charge >= 0.3 is 27.1 Å². The predicted molar refractivity (Wildman–Crippen MR) is 161 cm³/mol. The summed E-state index contributed by atoms with van der Waals surface area (Å²) in [5, 5.41) is 18.7. The maximum Gasteiger partial charge on any atom is 2.00 e. The molecule has 2 aromatic carbocycles. The van der Waals surface area contributed by atoms with Crippen LogP contribution in [-0.4, -0.2) is 65.8 Å². The van der Waals surface area contributed by atoms with E-state index in [0.717, 1.165) is 16.7 Å². The Bertz CT molecular complexity index is 1280. The number of fused-ring (bicyclic) bond motifs is 1. The minimum Gasteiger partial charge on any atom is -0.407 e. The fourth-order valence-corrected chi connectivity index (χ4v) is 4.67. The second-order valence-electron chi connectivity index (χ2n) is 10.4. The fraction of sp³-hybridized carbons (Fsp3) is 0.400. The summed E-state index contributed by atoms with van der Waals surface area (Å²) < 4.78 is 5.66. The molecule has 0 spiro atoms. The van der Waals surface area contributed by atoms with Crippen molar-refractivity contribution in [2.24, 2.45) is 0 Å². The molecule has 2 aliphatic rings. The van der Waals surface area contributed by atoms with Crippen molar-refractivity contribution < 1.29 is 50.1 Å². The molecule has 0 saturated carbocycles. The van der Waals surface area contributed by atoms with E-state index in [-0.39, 0.29) is 66.5 Å². The molecular weight excluding hydrogens is 746 g/mol. The molecule has 1 unspecified atom stereocenters. The van der Waals surface area contributed by atoms with Gasteiger partial charge in [-0.2, -0.15) is 0 Å². The van der Waals surface area contributed by atoms with Crippen molar-refractivity contribution in [2.75, 3.05) is 25.7 Å². The summed E-state index contributed by atoms with van der Waals surface area (Å²) in [6.45, 7) is 8.75. The number of aliphatic hydroxyl groups is 1. The third-order valence-corrected chi connectivity index (χ3v) is 6.52. The van der Waals surface area contributed by atoms with E-state index >= 15 is 0 Å². The van der Waals surface area contributed by atoms with Gasteiger partial charge in [-0.25, -0.2) is 4.79 Å². The summed E-state index contributed by atoms with van der Waals surface area (Å²) in [6, 6.07) is 9.60. The SMILES string of the molecule is CNCO.[CH2-]C(C)(C)OCCc1cc(Cl)cc(NC(=O)NCc2ccc3c(c2)CN(C2CCC(=O)NC2=O)C3=O)c1.[CH3-].[W+2]. The maximum atomic E-state index is 12.8. The average Bonchev–Trinajstić information content (AvgIpc) is 3.22. The van der Waals surface area contributed by atoms with Crippen LogP contribution in [0.3, 0.4) is 0 Å². The van der Waals surface area contributed by atoms with Crippen LogP contribution in [0, 0.1) is 14.4 Å². The van der Waals surface area contributed by atoms with Crippen LogP contribution in [0.5, 0.6) is 0 Å². The topological polar surface area (TPSA) is 149 Å². The first-order chi connectivity index (χ1) is 19.4. The number of hydrogen-bond donors (Lipinski definition) is 5. The molecule has 4 rings (SSSR count). The Morgan fingerprint density at radius 2 is 1.88 bits per heavy atom. The number of anilines is 1. The Morgan fingerprint density at radius 3 is 2.51 bits per heavy atom. The average molecular weight is 786 g/mol. The van der Waals surface area contributed by atoms with Gasteiger partial charge in [0.05, 0.1) is 6.73 Å². The number of nitrogens with one attached hydrogen (secondary N) is 4. The van der Waals surface area contributed by atoms with Gasteiger partial charge in [-0.1, -0.05) is 43.2 Å². The van der Waals surface area contributed by atoms with Gasteiger partial charge < -0.3 is 39.7 Å². The Balaban J connectivity index is 0.00000145. The first-order valence-electron chi connectivity index (χ1n) is 13.3. The molecule has 13 heteroatoms. The fourth-order valence-electron chi connectivity index (χ4n) is 4.41. The summed E-state index contributed by atoms with van der Waals surface area (Å²) >= 11 is 6.23. The van der Waals surface area contributed by atoms with Gasteiger partial charge in [0.25, 0.3) is 5.91 Å². The molecule has 2 heterocycles. The molecule has 2 aliphatic heterocycles. The number of ether oxygens (including phenoxy) is 1. The van der Waals surface area contributed by atoms with E-state index in [4.69, 9.17) is 21.4 Å². The molecule has 5 amide bonds. The van der Waals surface area contributed by atoms with E-state index in [1.54, 1.807) is 25.2 Å². The molecule has 2 aromatic rings. The molecule has 0 bridgehead atoms. The Kier molecular flexibility index (Phi) is 15.5. The number of nitrogens with zero attached hydrogens (tertiary/aromatic N) is 1. The zero-order valence-corrected chi connectivity index (χ0v) is 28.6. The van der Waals surface area contributed by atoms with Crippen LogP contribution in [0.25, 0.3) is 0 Å². The number of aliphatic hydroxyl groups excluding tert-OH is 1. The number of piperidine rings is 1. The number of imide groups is 1. The standard InChI is InChI=1S/C27H30ClN4O5.C2H7NO.CH3.W/c1-27(2,3)37-9-8-16-11-19(28)13-20(12-16)30-26(36)29-14-17-4-5-21-18(10-17)15-32(25(21)35)22-6-7-23(33)31-24(22)34;1-3-2-4;;/h4-5,10-13,22H,1,6-9,14-15H2,2-3H3,(H2,29,30,36)(H,31,33,34);3-4H,2H2,1H3;1H3;/q-1;;-1;+2. The first-order valence-corrected chi connectivity index (χ1v) is 13.6. The normalized spacial score (nSPS) is 15.7. The summed E-state index contributed by atoms with van der Waals surface area (Å²) in [5.74, 6) is -1.00. The molecule has 0 aromatic heterocycles. The molecule has 1 saturated heterocycles. The molecule has 1 atom stereocenters. The molecule has 234 valence electrons. The minimum atomic E-state index is -0.663.